The molecule has 0 aliphatic heterocycles. The van der Waals surface area contributed by atoms with E-state index in [1.54, 1.807) is 18.2 Å². The predicted molar refractivity (Wildman–Crippen MR) is 87.1 cm³/mol. The molecule has 22 heavy (non-hydrogen) atoms. The Balaban J connectivity index is 1.97. The topological polar surface area (TPSA) is 32.3 Å². The van der Waals surface area contributed by atoms with E-state index >= 15 is 0 Å². The molecule has 3 nitrogen and oxygen atoms in total. The van der Waals surface area contributed by atoms with E-state index < -0.39 is 5.82 Å². The summed E-state index contributed by atoms with van der Waals surface area (Å²) < 4.78 is 13.6. The van der Waals surface area contributed by atoms with Crippen LogP contribution in [0, 0.1) is 12.7 Å². The van der Waals surface area contributed by atoms with Crippen LogP contribution in [0.1, 0.15) is 18.1 Å². The number of carbonyl (C=O) groups excluding carboxylic acids is 1. The Morgan fingerprint density at radius 3 is 2.45 bits per heavy atom. The molecule has 4 heteroatoms. The van der Waals surface area contributed by atoms with Gasteiger partial charge in [-0.05, 0) is 38.6 Å². The minimum absolute atomic E-state index is 0.211. The van der Waals surface area contributed by atoms with E-state index in [-0.39, 0.29) is 17.6 Å². The second kappa shape index (κ2) is 7.18. The first-order valence-electron chi connectivity index (χ1n) is 7.28. The van der Waals surface area contributed by atoms with Crippen molar-refractivity contribution in [1.29, 1.82) is 0 Å². The SMILES string of the molecule is Cc1ccc(CN(C)C(C)C(=O)Nc2ccccc2F)cc1. The summed E-state index contributed by atoms with van der Waals surface area (Å²) in [5.41, 5.74) is 2.55. The number of carbonyl (C=O) groups is 1. The number of aryl methyl sites for hydroxylation is 1. The van der Waals surface area contributed by atoms with Crippen LogP contribution in [0.3, 0.4) is 0 Å². The van der Waals surface area contributed by atoms with E-state index in [2.05, 4.69) is 5.32 Å². The molecule has 1 amide bonds. The number of amides is 1. The van der Waals surface area contributed by atoms with Gasteiger partial charge in [-0.2, -0.15) is 0 Å². The highest BCUT2D eigenvalue weighted by molar-refractivity contribution is 5.94. The van der Waals surface area contributed by atoms with Crippen molar-refractivity contribution < 1.29 is 9.18 Å². The molecule has 0 fully saturated rings. The Kier molecular flexibility index (Phi) is 5.28. The third-order valence-corrected chi connectivity index (χ3v) is 3.72. The summed E-state index contributed by atoms with van der Waals surface area (Å²) in [4.78, 5) is 14.2. The van der Waals surface area contributed by atoms with Gasteiger partial charge in [0, 0.05) is 6.54 Å². The zero-order chi connectivity index (χ0) is 16.1. The van der Waals surface area contributed by atoms with E-state index in [0.717, 1.165) is 5.56 Å². The van der Waals surface area contributed by atoms with Gasteiger partial charge in [0.1, 0.15) is 5.82 Å². The van der Waals surface area contributed by atoms with E-state index in [1.807, 2.05) is 50.1 Å². The van der Waals surface area contributed by atoms with Gasteiger partial charge in [0.15, 0.2) is 0 Å². The summed E-state index contributed by atoms with van der Waals surface area (Å²) in [7, 11) is 1.88. The van der Waals surface area contributed by atoms with Gasteiger partial charge >= 0.3 is 0 Å². The molecule has 1 atom stereocenters. The summed E-state index contributed by atoms with van der Waals surface area (Å²) >= 11 is 0. The fourth-order valence-corrected chi connectivity index (χ4v) is 2.12. The van der Waals surface area contributed by atoms with Gasteiger partial charge in [0.2, 0.25) is 5.91 Å². The molecule has 2 aromatic rings. The molecule has 1 unspecified atom stereocenters. The number of benzene rings is 2. The molecule has 116 valence electrons. The zero-order valence-electron chi connectivity index (χ0n) is 13.1. The normalized spacial score (nSPS) is 12.2. The fourth-order valence-electron chi connectivity index (χ4n) is 2.12. The Labute approximate surface area is 130 Å². The van der Waals surface area contributed by atoms with Crippen molar-refractivity contribution in [2.45, 2.75) is 26.4 Å². The van der Waals surface area contributed by atoms with Crippen molar-refractivity contribution in [3.05, 3.63) is 65.5 Å². The number of likely N-dealkylation sites (N-methyl/N-ethyl adjacent to an activating group) is 1. The first-order valence-corrected chi connectivity index (χ1v) is 7.28. The predicted octanol–water partition coefficient (Wildman–Crippen LogP) is 3.59. The van der Waals surface area contributed by atoms with Gasteiger partial charge in [-0.15, -0.1) is 0 Å². The molecule has 2 rings (SSSR count). The van der Waals surface area contributed by atoms with Crippen LogP contribution in [-0.4, -0.2) is 23.9 Å². The minimum atomic E-state index is -0.427. The second-order valence-corrected chi connectivity index (χ2v) is 5.55. The summed E-state index contributed by atoms with van der Waals surface area (Å²) in [6.07, 6.45) is 0. The van der Waals surface area contributed by atoms with Crippen molar-refractivity contribution in [2.24, 2.45) is 0 Å². The van der Waals surface area contributed by atoms with Crippen LogP contribution < -0.4 is 5.32 Å². The quantitative estimate of drug-likeness (QED) is 0.915. The monoisotopic (exact) mass is 300 g/mol. The maximum Gasteiger partial charge on any atom is 0.241 e. The molecule has 0 saturated carbocycles. The Bertz CT molecular complexity index is 640. The molecule has 2 aromatic carbocycles. The largest absolute Gasteiger partial charge is 0.322 e. The Morgan fingerprint density at radius 2 is 1.82 bits per heavy atom. The van der Waals surface area contributed by atoms with E-state index in [1.165, 1.54) is 11.6 Å². The smallest absolute Gasteiger partial charge is 0.241 e. The number of nitrogens with one attached hydrogen (secondary N) is 1. The molecule has 0 aromatic heterocycles. The van der Waals surface area contributed by atoms with Gasteiger partial charge in [-0.1, -0.05) is 42.0 Å². The molecule has 0 heterocycles. The third kappa shape index (κ3) is 4.15. The lowest BCUT2D eigenvalue weighted by atomic mass is 10.1. The van der Waals surface area contributed by atoms with Gasteiger partial charge in [-0.25, -0.2) is 4.39 Å². The van der Waals surface area contributed by atoms with Crippen LogP contribution in [0.15, 0.2) is 48.5 Å². The van der Waals surface area contributed by atoms with Crippen molar-refractivity contribution in [3.63, 3.8) is 0 Å². The highest BCUT2D eigenvalue weighted by atomic mass is 19.1. The van der Waals surface area contributed by atoms with Crippen molar-refractivity contribution in [2.75, 3.05) is 12.4 Å². The summed E-state index contributed by atoms with van der Waals surface area (Å²) in [6, 6.07) is 14.0. The number of halogens is 1. The lowest BCUT2D eigenvalue weighted by molar-refractivity contribution is -0.120. The molecule has 0 aliphatic carbocycles. The van der Waals surface area contributed by atoms with Crippen LogP contribution in [0.5, 0.6) is 0 Å². The van der Waals surface area contributed by atoms with Crippen molar-refractivity contribution in [1.82, 2.24) is 4.90 Å². The summed E-state index contributed by atoms with van der Waals surface area (Å²) in [6.45, 7) is 4.51. The average molecular weight is 300 g/mol. The number of nitrogens with zero attached hydrogens (tertiary/aromatic N) is 1. The minimum Gasteiger partial charge on any atom is -0.322 e. The first-order chi connectivity index (χ1) is 10.5. The number of hydrogen-bond acceptors (Lipinski definition) is 2. The Hall–Kier alpha value is -2.20. The summed E-state index contributed by atoms with van der Waals surface area (Å²) in [5.74, 6) is -0.649. The molecular formula is C18H21FN2O. The third-order valence-electron chi connectivity index (χ3n) is 3.72. The Morgan fingerprint density at radius 1 is 1.18 bits per heavy atom. The molecule has 0 saturated heterocycles. The molecule has 0 bridgehead atoms. The molecular weight excluding hydrogens is 279 g/mol. The van der Waals surface area contributed by atoms with Crippen LogP contribution in [0.2, 0.25) is 0 Å². The van der Waals surface area contributed by atoms with E-state index in [9.17, 15) is 9.18 Å². The van der Waals surface area contributed by atoms with E-state index in [0.29, 0.717) is 6.54 Å². The molecule has 0 aliphatic rings. The second-order valence-electron chi connectivity index (χ2n) is 5.55. The molecule has 1 N–H and O–H groups in total. The standard InChI is InChI=1S/C18H21FN2O/c1-13-8-10-15(11-9-13)12-21(3)14(2)18(22)20-17-7-5-4-6-16(17)19/h4-11,14H,12H2,1-3H3,(H,20,22). The van der Waals surface area contributed by atoms with Crippen LogP contribution in [0.25, 0.3) is 0 Å². The van der Waals surface area contributed by atoms with Crippen LogP contribution in [0.4, 0.5) is 10.1 Å². The number of rotatable bonds is 5. The molecule has 0 spiro atoms. The number of hydrogen-bond donors (Lipinski definition) is 1. The van der Waals surface area contributed by atoms with Crippen LogP contribution in [-0.2, 0) is 11.3 Å². The highest BCUT2D eigenvalue weighted by Gasteiger charge is 2.19. The lowest BCUT2D eigenvalue weighted by Crippen LogP contribution is -2.39. The number of para-hydroxylation sites is 1. The van der Waals surface area contributed by atoms with E-state index in [4.69, 9.17) is 0 Å². The van der Waals surface area contributed by atoms with Gasteiger partial charge in [0.25, 0.3) is 0 Å². The van der Waals surface area contributed by atoms with Crippen LogP contribution >= 0.6 is 0 Å². The highest BCUT2D eigenvalue weighted by Crippen LogP contribution is 2.14. The lowest BCUT2D eigenvalue weighted by Gasteiger charge is -2.24. The summed E-state index contributed by atoms with van der Waals surface area (Å²) in [5, 5.41) is 2.63. The van der Waals surface area contributed by atoms with Gasteiger partial charge < -0.3 is 5.32 Å². The van der Waals surface area contributed by atoms with Crippen molar-refractivity contribution >= 4 is 11.6 Å². The van der Waals surface area contributed by atoms with Gasteiger partial charge in [-0.3, -0.25) is 9.69 Å². The van der Waals surface area contributed by atoms with Crippen molar-refractivity contribution in [3.8, 4) is 0 Å². The van der Waals surface area contributed by atoms with Gasteiger partial charge in [0.05, 0.1) is 11.7 Å². The zero-order valence-corrected chi connectivity index (χ0v) is 13.1. The number of anilines is 1. The average Bonchev–Trinajstić information content (AvgIpc) is 2.51. The maximum absolute atomic E-state index is 13.6. The fraction of sp³-hybridized carbons (Fsp3) is 0.278. The maximum atomic E-state index is 13.6. The first kappa shape index (κ1) is 16.2. The molecule has 0 radical (unpaired) electrons.